The zero-order chi connectivity index (χ0) is 13.2. The Morgan fingerprint density at radius 2 is 2.06 bits per heavy atom. The molecule has 4 nitrogen and oxygen atoms in total. The maximum absolute atomic E-state index is 11.5. The topological polar surface area (TPSA) is 64.3 Å². The number of rotatable bonds is 8. The highest BCUT2D eigenvalue weighted by Crippen LogP contribution is 2.20. The van der Waals surface area contributed by atoms with Crippen molar-refractivity contribution < 1.29 is 9.53 Å². The van der Waals surface area contributed by atoms with Crippen molar-refractivity contribution in [3.05, 3.63) is 29.3 Å². The Kier molecular flexibility index (Phi) is 7.41. The first-order chi connectivity index (χ1) is 8.74. The van der Waals surface area contributed by atoms with E-state index >= 15 is 0 Å². The molecule has 1 aromatic carbocycles. The molecule has 0 unspecified atom stereocenters. The van der Waals surface area contributed by atoms with Gasteiger partial charge in [0.1, 0.15) is 6.61 Å². The van der Waals surface area contributed by atoms with E-state index in [1.807, 2.05) is 12.1 Å². The molecule has 1 rings (SSSR count). The summed E-state index contributed by atoms with van der Waals surface area (Å²) in [5.74, 6) is -0.193. The van der Waals surface area contributed by atoms with Crippen molar-refractivity contribution in [3.8, 4) is 0 Å². The maximum Gasteiger partial charge on any atom is 0.250 e. The standard InChI is InChI=1S/C13H19ClN2O2/c14-11-6-2-3-7-12(11)16-13(17)10-18-9-5-1-4-8-15/h2-3,6-7H,1,4-5,8-10,15H2,(H,16,17). The first-order valence-electron chi connectivity index (χ1n) is 6.06. The molecule has 0 aromatic heterocycles. The van der Waals surface area contributed by atoms with Crippen molar-refractivity contribution in [3.63, 3.8) is 0 Å². The third kappa shape index (κ3) is 6.00. The molecule has 0 heterocycles. The van der Waals surface area contributed by atoms with Gasteiger partial charge in [-0.25, -0.2) is 0 Å². The van der Waals surface area contributed by atoms with E-state index in [1.54, 1.807) is 12.1 Å². The Hall–Kier alpha value is -1.10. The average Bonchev–Trinajstić information content (AvgIpc) is 2.36. The number of hydrogen-bond acceptors (Lipinski definition) is 3. The zero-order valence-electron chi connectivity index (χ0n) is 10.3. The second kappa shape index (κ2) is 8.91. The third-order valence-electron chi connectivity index (χ3n) is 2.37. The van der Waals surface area contributed by atoms with Crippen LogP contribution in [0.15, 0.2) is 24.3 Å². The summed E-state index contributed by atoms with van der Waals surface area (Å²) in [6.07, 6.45) is 2.95. The van der Waals surface area contributed by atoms with Gasteiger partial charge in [-0.1, -0.05) is 23.7 Å². The summed E-state index contributed by atoms with van der Waals surface area (Å²) in [5.41, 5.74) is 5.98. The minimum atomic E-state index is -0.193. The normalized spacial score (nSPS) is 10.3. The number of carbonyl (C=O) groups is 1. The molecule has 0 aliphatic heterocycles. The molecule has 0 saturated heterocycles. The van der Waals surface area contributed by atoms with E-state index in [2.05, 4.69) is 5.32 Å². The van der Waals surface area contributed by atoms with Gasteiger partial charge in [0.15, 0.2) is 0 Å². The number of hydrogen-bond donors (Lipinski definition) is 2. The molecule has 0 spiro atoms. The Morgan fingerprint density at radius 1 is 1.28 bits per heavy atom. The van der Waals surface area contributed by atoms with Crippen LogP contribution in [-0.4, -0.2) is 25.7 Å². The van der Waals surface area contributed by atoms with Gasteiger partial charge >= 0.3 is 0 Å². The molecule has 5 heteroatoms. The van der Waals surface area contributed by atoms with Gasteiger partial charge in [-0.2, -0.15) is 0 Å². The lowest BCUT2D eigenvalue weighted by Crippen LogP contribution is -2.18. The van der Waals surface area contributed by atoms with E-state index in [0.29, 0.717) is 23.9 Å². The number of benzene rings is 1. The summed E-state index contributed by atoms with van der Waals surface area (Å²) in [5, 5.41) is 3.22. The molecule has 0 fully saturated rings. The molecular weight excluding hydrogens is 252 g/mol. The lowest BCUT2D eigenvalue weighted by atomic mass is 10.2. The summed E-state index contributed by atoms with van der Waals surface area (Å²) in [6.45, 7) is 1.33. The Bertz CT molecular complexity index is 372. The van der Waals surface area contributed by atoms with Gasteiger partial charge in [-0.15, -0.1) is 0 Å². The summed E-state index contributed by atoms with van der Waals surface area (Å²) in [6, 6.07) is 7.10. The molecule has 1 aromatic rings. The van der Waals surface area contributed by atoms with Crippen LogP contribution in [0.1, 0.15) is 19.3 Å². The SMILES string of the molecule is NCCCCCOCC(=O)Nc1ccccc1Cl. The van der Waals surface area contributed by atoms with Crippen LogP contribution in [0.2, 0.25) is 5.02 Å². The fourth-order valence-electron chi connectivity index (χ4n) is 1.44. The number of anilines is 1. The summed E-state index contributed by atoms with van der Waals surface area (Å²) < 4.78 is 5.26. The molecule has 3 N–H and O–H groups in total. The second-order valence-electron chi connectivity index (χ2n) is 3.93. The first-order valence-corrected chi connectivity index (χ1v) is 6.44. The number of amides is 1. The first kappa shape index (κ1) is 15.0. The van der Waals surface area contributed by atoms with Gasteiger partial charge in [0.05, 0.1) is 10.7 Å². The van der Waals surface area contributed by atoms with Crippen molar-refractivity contribution in [1.82, 2.24) is 0 Å². The lowest BCUT2D eigenvalue weighted by Gasteiger charge is -2.07. The highest BCUT2D eigenvalue weighted by molar-refractivity contribution is 6.33. The van der Waals surface area contributed by atoms with E-state index in [9.17, 15) is 4.79 Å². The Labute approximate surface area is 112 Å². The minimum absolute atomic E-state index is 0.0495. The number of halogens is 1. The molecule has 0 saturated carbocycles. The molecule has 1 amide bonds. The second-order valence-corrected chi connectivity index (χ2v) is 4.34. The number of para-hydroxylation sites is 1. The van der Waals surface area contributed by atoms with Crippen molar-refractivity contribution in [2.75, 3.05) is 25.1 Å². The average molecular weight is 271 g/mol. The van der Waals surface area contributed by atoms with Crippen LogP contribution < -0.4 is 11.1 Å². The predicted molar refractivity (Wildman–Crippen MR) is 73.8 cm³/mol. The summed E-state index contributed by atoms with van der Waals surface area (Å²) in [7, 11) is 0. The molecule has 0 aliphatic carbocycles. The predicted octanol–water partition coefficient (Wildman–Crippen LogP) is 2.42. The molecule has 0 atom stereocenters. The van der Waals surface area contributed by atoms with Crippen molar-refractivity contribution in [1.29, 1.82) is 0 Å². The fourth-order valence-corrected chi connectivity index (χ4v) is 1.62. The summed E-state index contributed by atoms with van der Waals surface area (Å²) in [4.78, 5) is 11.5. The lowest BCUT2D eigenvalue weighted by molar-refractivity contribution is -0.120. The van der Waals surface area contributed by atoms with E-state index in [0.717, 1.165) is 19.3 Å². The third-order valence-corrected chi connectivity index (χ3v) is 2.70. The highest BCUT2D eigenvalue weighted by Gasteiger charge is 2.04. The van der Waals surface area contributed by atoms with Crippen LogP contribution in [0.3, 0.4) is 0 Å². The number of nitrogens with two attached hydrogens (primary N) is 1. The van der Waals surface area contributed by atoms with Crippen LogP contribution in [0.25, 0.3) is 0 Å². The van der Waals surface area contributed by atoms with Gasteiger partial charge in [-0.05, 0) is 37.9 Å². The molecule has 0 radical (unpaired) electrons. The smallest absolute Gasteiger partial charge is 0.250 e. The number of ether oxygens (including phenoxy) is 1. The van der Waals surface area contributed by atoms with Crippen LogP contribution in [-0.2, 0) is 9.53 Å². The van der Waals surface area contributed by atoms with Gasteiger partial charge in [0.2, 0.25) is 5.91 Å². The fraction of sp³-hybridized carbons (Fsp3) is 0.462. The minimum Gasteiger partial charge on any atom is -0.372 e. The van der Waals surface area contributed by atoms with Gasteiger partial charge in [0.25, 0.3) is 0 Å². The summed E-state index contributed by atoms with van der Waals surface area (Å²) >= 11 is 5.92. The number of nitrogens with one attached hydrogen (secondary N) is 1. The van der Waals surface area contributed by atoms with Crippen molar-refractivity contribution >= 4 is 23.2 Å². The maximum atomic E-state index is 11.5. The van der Waals surface area contributed by atoms with Crippen LogP contribution >= 0.6 is 11.6 Å². The Morgan fingerprint density at radius 3 is 2.78 bits per heavy atom. The van der Waals surface area contributed by atoms with Crippen LogP contribution in [0.5, 0.6) is 0 Å². The molecule has 0 bridgehead atoms. The quantitative estimate of drug-likeness (QED) is 0.713. The molecule has 18 heavy (non-hydrogen) atoms. The van der Waals surface area contributed by atoms with E-state index < -0.39 is 0 Å². The molecular formula is C13H19ClN2O2. The van der Waals surface area contributed by atoms with Crippen LogP contribution in [0.4, 0.5) is 5.69 Å². The van der Waals surface area contributed by atoms with Gasteiger partial charge in [0, 0.05) is 6.61 Å². The number of unbranched alkanes of at least 4 members (excludes halogenated alkanes) is 2. The molecule has 0 aliphatic rings. The van der Waals surface area contributed by atoms with Crippen molar-refractivity contribution in [2.24, 2.45) is 5.73 Å². The zero-order valence-corrected chi connectivity index (χ0v) is 11.1. The Balaban J connectivity index is 2.16. The highest BCUT2D eigenvalue weighted by atomic mass is 35.5. The van der Waals surface area contributed by atoms with Crippen molar-refractivity contribution in [2.45, 2.75) is 19.3 Å². The molecule has 100 valence electrons. The largest absolute Gasteiger partial charge is 0.372 e. The van der Waals surface area contributed by atoms with E-state index in [1.165, 1.54) is 0 Å². The van der Waals surface area contributed by atoms with Gasteiger partial charge in [-0.3, -0.25) is 4.79 Å². The number of carbonyl (C=O) groups excluding carboxylic acids is 1. The van der Waals surface area contributed by atoms with E-state index in [4.69, 9.17) is 22.1 Å². The van der Waals surface area contributed by atoms with Gasteiger partial charge < -0.3 is 15.8 Å². The van der Waals surface area contributed by atoms with Crippen LogP contribution in [0, 0.1) is 0 Å². The monoisotopic (exact) mass is 270 g/mol. The van der Waals surface area contributed by atoms with E-state index in [-0.39, 0.29) is 12.5 Å².